The van der Waals surface area contributed by atoms with Crippen LogP contribution < -0.4 is 25.4 Å². The second kappa shape index (κ2) is 16.1. The summed E-state index contributed by atoms with van der Waals surface area (Å²) in [6.45, 7) is 1.95. The number of hydrogen-bond donors (Lipinski definition) is 1. The van der Waals surface area contributed by atoms with Crippen LogP contribution in [0.5, 0.6) is 17.2 Å². The summed E-state index contributed by atoms with van der Waals surface area (Å²) in [4.78, 5) is 0. The van der Waals surface area contributed by atoms with Crippen molar-refractivity contribution in [2.24, 2.45) is 0 Å². The van der Waals surface area contributed by atoms with Crippen molar-refractivity contribution in [3.8, 4) is 17.2 Å². The van der Waals surface area contributed by atoms with Gasteiger partial charge in [-0.25, -0.2) is 0 Å². The van der Waals surface area contributed by atoms with Crippen molar-refractivity contribution in [1.82, 2.24) is 0 Å². The zero-order chi connectivity index (χ0) is 29.8. The molecule has 0 aliphatic rings. The summed E-state index contributed by atoms with van der Waals surface area (Å²) in [5.41, 5.74) is 1.96. The lowest BCUT2D eigenvalue weighted by molar-refractivity contribution is 0.329. The fraction of sp³-hybridized carbons (Fsp3) is 0.351. The molecule has 4 aromatic rings. The van der Waals surface area contributed by atoms with Crippen LogP contribution in [-0.2, 0) is 6.42 Å². The van der Waals surface area contributed by atoms with Crippen LogP contribution in [-0.4, -0.2) is 25.5 Å². The number of hydrogen-bond acceptors (Lipinski definition) is 3. The Labute approximate surface area is 261 Å². The van der Waals surface area contributed by atoms with Gasteiger partial charge in [0.2, 0.25) is 5.75 Å². The third kappa shape index (κ3) is 7.39. The summed E-state index contributed by atoms with van der Waals surface area (Å²) in [5.74, 6) is 1.13. The molecule has 0 aliphatic carbocycles. The summed E-state index contributed by atoms with van der Waals surface area (Å²) < 4.78 is 11.8. The monoisotopic (exact) mass is 647 g/mol. The molecular weight excluding hydrogens is 603 g/mol. The predicted molar refractivity (Wildman–Crippen MR) is 184 cm³/mol. The molecule has 1 N–H and O–H groups in total. The standard InChI is InChI=1S/C37H44BrO3P/c1-29-33(34(38)36(40-2)37(41-3)35(29)39)27-19-8-6-4-5-7-9-20-28-42(30-21-13-10-14-22-30,31-23-15-11-16-24-31)32-25-17-12-18-26-32/h10-18,21-26H,4-9,19-20,27-28H2,1-3H3/p+1. The minimum atomic E-state index is -1.71. The summed E-state index contributed by atoms with van der Waals surface area (Å²) in [6.07, 6.45) is 12.0. The predicted octanol–water partition coefficient (Wildman–Crippen LogP) is 9.14. The highest BCUT2D eigenvalue weighted by molar-refractivity contribution is 9.10. The van der Waals surface area contributed by atoms with Crippen molar-refractivity contribution in [2.45, 2.75) is 64.7 Å². The summed E-state index contributed by atoms with van der Waals surface area (Å²) >= 11 is 3.68. The molecule has 4 aromatic carbocycles. The number of aromatic hydroxyl groups is 1. The Bertz CT molecular complexity index is 1280. The van der Waals surface area contributed by atoms with E-state index in [0.717, 1.165) is 28.4 Å². The minimum Gasteiger partial charge on any atom is -0.504 e. The molecule has 222 valence electrons. The molecule has 4 rings (SSSR count). The van der Waals surface area contributed by atoms with Gasteiger partial charge in [0.25, 0.3) is 0 Å². The van der Waals surface area contributed by atoms with Gasteiger partial charge in [0, 0.05) is 0 Å². The lowest BCUT2D eigenvalue weighted by Gasteiger charge is -2.27. The van der Waals surface area contributed by atoms with Crippen molar-refractivity contribution in [1.29, 1.82) is 0 Å². The second-order valence-electron chi connectivity index (χ2n) is 11.0. The van der Waals surface area contributed by atoms with Gasteiger partial charge in [-0.1, -0.05) is 86.7 Å². The maximum absolute atomic E-state index is 10.6. The zero-order valence-corrected chi connectivity index (χ0v) is 27.8. The van der Waals surface area contributed by atoms with Crippen molar-refractivity contribution in [3.05, 3.63) is 107 Å². The number of rotatable bonds is 16. The molecule has 0 aliphatic heterocycles. The molecule has 0 bridgehead atoms. The zero-order valence-electron chi connectivity index (χ0n) is 25.3. The Balaban J connectivity index is 1.28. The molecule has 0 amide bonds. The van der Waals surface area contributed by atoms with E-state index in [1.54, 1.807) is 14.2 Å². The molecule has 3 nitrogen and oxygen atoms in total. The fourth-order valence-electron chi connectivity index (χ4n) is 6.08. The van der Waals surface area contributed by atoms with E-state index in [2.05, 4.69) is 107 Å². The average Bonchev–Trinajstić information content (AvgIpc) is 3.04. The number of ether oxygens (including phenoxy) is 2. The van der Waals surface area contributed by atoms with Crippen LogP contribution in [0.1, 0.15) is 62.5 Å². The van der Waals surface area contributed by atoms with Crippen LogP contribution in [0.4, 0.5) is 0 Å². The van der Waals surface area contributed by atoms with E-state index in [9.17, 15) is 5.11 Å². The molecule has 42 heavy (non-hydrogen) atoms. The molecule has 0 fully saturated rings. The summed E-state index contributed by atoms with van der Waals surface area (Å²) in [5, 5.41) is 15.0. The second-order valence-corrected chi connectivity index (χ2v) is 15.4. The van der Waals surface area contributed by atoms with Crippen LogP contribution in [0, 0.1) is 6.92 Å². The Morgan fingerprint density at radius 3 is 1.43 bits per heavy atom. The highest BCUT2D eigenvalue weighted by Crippen LogP contribution is 2.56. The number of phenols is 1. The lowest BCUT2D eigenvalue weighted by Crippen LogP contribution is -2.33. The van der Waals surface area contributed by atoms with E-state index in [1.807, 2.05) is 6.92 Å². The molecule has 0 aromatic heterocycles. The number of methoxy groups -OCH3 is 2. The van der Waals surface area contributed by atoms with Crippen LogP contribution >= 0.6 is 23.2 Å². The van der Waals surface area contributed by atoms with Crippen molar-refractivity contribution >= 4 is 39.1 Å². The van der Waals surface area contributed by atoms with E-state index in [0.29, 0.717) is 11.5 Å². The SMILES string of the molecule is COc1c(O)c(C)c(CCCCCCCCCC[P+](c2ccccc2)(c2ccccc2)c2ccccc2)c(Br)c1OC. The van der Waals surface area contributed by atoms with E-state index in [-0.39, 0.29) is 5.75 Å². The van der Waals surface area contributed by atoms with Gasteiger partial charge >= 0.3 is 0 Å². The van der Waals surface area contributed by atoms with Gasteiger partial charge in [-0.2, -0.15) is 0 Å². The minimum absolute atomic E-state index is 0.172. The third-order valence-corrected chi connectivity index (χ3v) is 13.7. The Kier molecular flexibility index (Phi) is 12.3. The molecule has 0 heterocycles. The van der Waals surface area contributed by atoms with Gasteiger partial charge in [-0.15, -0.1) is 0 Å². The quantitative estimate of drug-likeness (QED) is 0.0973. The van der Waals surface area contributed by atoms with Crippen LogP contribution in [0.15, 0.2) is 95.5 Å². The van der Waals surface area contributed by atoms with Crippen molar-refractivity contribution in [2.75, 3.05) is 20.4 Å². The third-order valence-electron chi connectivity index (χ3n) is 8.36. The molecule has 0 saturated heterocycles. The Morgan fingerprint density at radius 2 is 1.00 bits per heavy atom. The average molecular weight is 649 g/mol. The molecule has 0 atom stereocenters. The molecular formula is C37H45BrO3P+. The fourth-order valence-corrected chi connectivity index (χ4v) is 11.3. The highest BCUT2D eigenvalue weighted by atomic mass is 79.9. The lowest BCUT2D eigenvalue weighted by atomic mass is 9.99. The number of phenolic OH excluding ortho intramolecular Hbond substituents is 1. The van der Waals surface area contributed by atoms with E-state index >= 15 is 0 Å². The smallest absolute Gasteiger partial charge is 0.204 e. The van der Waals surface area contributed by atoms with E-state index in [1.165, 1.54) is 67.0 Å². The van der Waals surface area contributed by atoms with Crippen LogP contribution in [0.25, 0.3) is 0 Å². The Hall–Kier alpha value is -2.81. The maximum atomic E-state index is 10.6. The first kappa shape index (κ1) is 32.1. The first-order valence-corrected chi connectivity index (χ1v) is 18.0. The van der Waals surface area contributed by atoms with Gasteiger partial charge in [-0.05, 0) is 96.1 Å². The molecule has 5 heteroatoms. The molecule has 0 saturated carbocycles. The van der Waals surface area contributed by atoms with Gasteiger partial charge in [0.15, 0.2) is 11.5 Å². The van der Waals surface area contributed by atoms with E-state index < -0.39 is 7.26 Å². The Morgan fingerprint density at radius 1 is 0.595 bits per heavy atom. The normalized spacial score (nSPS) is 11.4. The van der Waals surface area contributed by atoms with Crippen LogP contribution in [0.3, 0.4) is 0 Å². The van der Waals surface area contributed by atoms with Crippen LogP contribution in [0.2, 0.25) is 0 Å². The molecule has 0 radical (unpaired) electrons. The van der Waals surface area contributed by atoms with Crippen molar-refractivity contribution in [3.63, 3.8) is 0 Å². The molecule has 0 spiro atoms. The number of unbranched alkanes of at least 4 members (excludes halogenated alkanes) is 7. The van der Waals surface area contributed by atoms with Gasteiger partial charge in [0.05, 0.1) is 24.9 Å². The number of halogens is 1. The van der Waals surface area contributed by atoms with Gasteiger partial charge in [0.1, 0.15) is 23.2 Å². The first-order chi connectivity index (χ1) is 20.5. The highest BCUT2D eigenvalue weighted by Gasteiger charge is 2.44. The van der Waals surface area contributed by atoms with Gasteiger partial charge < -0.3 is 14.6 Å². The van der Waals surface area contributed by atoms with Crippen molar-refractivity contribution < 1.29 is 14.6 Å². The summed E-state index contributed by atoms with van der Waals surface area (Å²) in [6, 6.07) is 33.6. The topological polar surface area (TPSA) is 38.7 Å². The maximum Gasteiger partial charge on any atom is 0.204 e. The summed E-state index contributed by atoms with van der Waals surface area (Å²) in [7, 11) is 1.44. The van der Waals surface area contributed by atoms with Gasteiger partial charge in [-0.3, -0.25) is 0 Å². The number of benzene rings is 4. The largest absolute Gasteiger partial charge is 0.504 e. The van der Waals surface area contributed by atoms with E-state index in [4.69, 9.17) is 9.47 Å². The first-order valence-electron chi connectivity index (χ1n) is 15.2. The molecule has 0 unspecified atom stereocenters.